The number of carbonyl (C=O) groups excluding carboxylic acids is 4. The number of nitrogens with one attached hydrogen (secondary N) is 1. The maximum atomic E-state index is 13.7. The molecule has 7 heteroatoms. The van der Waals surface area contributed by atoms with Crippen molar-refractivity contribution in [3.05, 3.63) is 107 Å². The molecule has 1 fully saturated rings. The third kappa shape index (κ3) is 8.65. The van der Waals surface area contributed by atoms with Gasteiger partial charge in [-0.3, -0.25) is 19.2 Å². The maximum Gasteiger partial charge on any atom is 0.254 e. The fraction of sp³-hybridized carbons (Fsp3) is 0.405. The molecule has 0 spiro atoms. The lowest BCUT2D eigenvalue weighted by molar-refractivity contribution is -0.138. The van der Waals surface area contributed by atoms with E-state index in [4.69, 9.17) is 0 Å². The monoisotopic (exact) mass is 595 g/mol. The first-order chi connectivity index (χ1) is 20.9. The summed E-state index contributed by atoms with van der Waals surface area (Å²) in [5.74, 6) is -0.804. The second-order valence-electron chi connectivity index (χ2n) is 13.2. The molecule has 1 atom stereocenters. The molecule has 0 unspecified atom stereocenters. The van der Waals surface area contributed by atoms with Crippen molar-refractivity contribution >= 4 is 23.5 Å². The first kappa shape index (κ1) is 32.6. The molecule has 3 aromatic rings. The molecular weight excluding hydrogens is 550 g/mol. The summed E-state index contributed by atoms with van der Waals surface area (Å²) in [6.45, 7) is 10.9. The SMILES string of the molecule is CC(C)C[C@H](NC(=O)c1ccc(C(C)(C)C)cc1)C(=O)N1CCCN(C(=O)c2ccccc2Cc2ccccc2)CC(=O)C1. The first-order valence-corrected chi connectivity index (χ1v) is 15.6. The zero-order chi connectivity index (χ0) is 31.9. The minimum Gasteiger partial charge on any atom is -0.340 e. The van der Waals surface area contributed by atoms with Crippen molar-refractivity contribution in [1.29, 1.82) is 0 Å². The van der Waals surface area contributed by atoms with Gasteiger partial charge in [-0.2, -0.15) is 0 Å². The van der Waals surface area contributed by atoms with Crippen molar-refractivity contribution in [1.82, 2.24) is 15.1 Å². The zero-order valence-electron chi connectivity index (χ0n) is 26.6. The Morgan fingerprint density at radius 3 is 2.09 bits per heavy atom. The molecule has 3 amide bonds. The fourth-order valence-electron chi connectivity index (χ4n) is 5.59. The van der Waals surface area contributed by atoms with Crippen molar-refractivity contribution in [2.45, 2.75) is 65.3 Å². The van der Waals surface area contributed by atoms with Crippen molar-refractivity contribution < 1.29 is 19.2 Å². The number of hydrogen-bond acceptors (Lipinski definition) is 4. The highest BCUT2D eigenvalue weighted by atomic mass is 16.2. The average molecular weight is 596 g/mol. The minimum atomic E-state index is -0.750. The molecule has 44 heavy (non-hydrogen) atoms. The molecule has 4 rings (SSSR count). The van der Waals surface area contributed by atoms with Gasteiger partial charge in [-0.1, -0.05) is 95.3 Å². The van der Waals surface area contributed by atoms with E-state index in [1.807, 2.05) is 80.6 Å². The standard InChI is InChI=1S/C37H45N3O4/c1-26(2)22-33(38-34(42)28-16-18-30(19-17-28)37(3,4)5)36(44)40-21-11-20-39(24-31(41)25-40)35(43)32-15-10-9-14-29(32)23-27-12-7-6-8-13-27/h6-10,12-19,26,33H,11,20-25H2,1-5H3,(H,38,42)/t33-/m0/s1. The fourth-order valence-corrected chi connectivity index (χ4v) is 5.59. The Bertz CT molecular complexity index is 1460. The Hall–Kier alpha value is -4.26. The minimum absolute atomic E-state index is 0.0328. The van der Waals surface area contributed by atoms with Crippen LogP contribution in [0.5, 0.6) is 0 Å². The summed E-state index contributed by atoms with van der Waals surface area (Å²) in [4.78, 5) is 56.9. The van der Waals surface area contributed by atoms with Crippen LogP contribution in [0.15, 0.2) is 78.9 Å². The van der Waals surface area contributed by atoms with Crippen molar-refractivity contribution in [2.24, 2.45) is 5.92 Å². The maximum absolute atomic E-state index is 13.7. The van der Waals surface area contributed by atoms with E-state index in [1.165, 1.54) is 0 Å². The van der Waals surface area contributed by atoms with E-state index >= 15 is 0 Å². The van der Waals surface area contributed by atoms with Gasteiger partial charge in [-0.05, 0) is 65.5 Å². The van der Waals surface area contributed by atoms with Gasteiger partial charge in [0.1, 0.15) is 6.04 Å². The van der Waals surface area contributed by atoms with E-state index in [1.54, 1.807) is 21.9 Å². The van der Waals surface area contributed by atoms with Crippen LogP contribution in [0.25, 0.3) is 0 Å². The molecule has 0 aliphatic carbocycles. The first-order valence-electron chi connectivity index (χ1n) is 15.6. The number of Topliss-reactive ketones (excluding diaryl/α,β-unsaturated/α-hetero) is 1. The molecule has 0 aromatic heterocycles. The highest BCUT2D eigenvalue weighted by Crippen LogP contribution is 2.23. The Balaban J connectivity index is 1.42. The quantitative estimate of drug-likeness (QED) is 0.364. The van der Waals surface area contributed by atoms with Crippen LogP contribution in [-0.4, -0.2) is 65.5 Å². The number of carbonyl (C=O) groups is 4. The number of benzene rings is 3. The van der Waals surface area contributed by atoms with Crippen LogP contribution < -0.4 is 5.32 Å². The molecule has 3 aromatic carbocycles. The predicted molar refractivity (Wildman–Crippen MR) is 174 cm³/mol. The Labute approximate surface area is 261 Å². The van der Waals surface area contributed by atoms with Crippen LogP contribution in [-0.2, 0) is 21.4 Å². The molecule has 0 radical (unpaired) electrons. The van der Waals surface area contributed by atoms with Crippen LogP contribution in [0, 0.1) is 5.92 Å². The third-order valence-electron chi connectivity index (χ3n) is 8.00. The number of amides is 3. The van der Waals surface area contributed by atoms with Crippen molar-refractivity contribution in [3.8, 4) is 0 Å². The van der Waals surface area contributed by atoms with Gasteiger partial charge < -0.3 is 15.1 Å². The molecule has 1 saturated heterocycles. The molecule has 1 N–H and O–H groups in total. The van der Waals surface area contributed by atoms with Crippen molar-refractivity contribution in [3.63, 3.8) is 0 Å². The van der Waals surface area contributed by atoms with Crippen LogP contribution in [0.3, 0.4) is 0 Å². The highest BCUT2D eigenvalue weighted by Gasteiger charge is 2.31. The van der Waals surface area contributed by atoms with Gasteiger partial charge in [-0.15, -0.1) is 0 Å². The summed E-state index contributed by atoms with van der Waals surface area (Å²) in [6, 6.07) is 24.2. The Morgan fingerprint density at radius 1 is 0.818 bits per heavy atom. The lowest BCUT2D eigenvalue weighted by Crippen LogP contribution is -2.53. The van der Waals surface area contributed by atoms with Crippen LogP contribution in [0.1, 0.15) is 84.9 Å². The lowest BCUT2D eigenvalue weighted by atomic mass is 9.86. The second kappa shape index (κ2) is 14.5. The van der Waals surface area contributed by atoms with E-state index in [-0.39, 0.29) is 47.9 Å². The number of rotatable bonds is 8. The Morgan fingerprint density at radius 2 is 1.43 bits per heavy atom. The van der Waals surface area contributed by atoms with Gasteiger partial charge >= 0.3 is 0 Å². The van der Waals surface area contributed by atoms with Gasteiger partial charge in [0, 0.05) is 24.2 Å². The van der Waals surface area contributed by atoms with E-state index in [9.17, 15) is 19.2 Å². The molecule has 0 bridgehead atoms. The predicted octanol–water partition coefficient (Wildman–Crippen LogP) is 5.66. The Kier molecular flexibility index (Phi) is 10.7. The third-order valence-corrected chi connectivity index (χ3v) is 8.00. The summed E-state index contributed by atoms with van der Waals surface area (Å²) in [5, 5.41) is 2.94. The summed E-state index contributed by atoms with van der Waals surface area (Å²) in [6.07, 6.45) is 1.61. The number of ketones is 1. The summed E-state index contributed by atoms with van der Waals surface area (Å²) >= 11 is 0. The van der Waals surface area contributed by atoms with Gasteiger partial charge in [0.2, 0.25) is 5.91 Å². The molecule has 7 nitrogen and oxygen atoms in total. The van der Waals surface area contributed by atoms with E-state index in [0.29, 0.717) is 43.5 Å². The molecule has 232 valence electrons. The summed E-state index contributed by atoms with van der Waals surface area (Å²) in [7, 11) is 0. The largest absolute Gasteiger partial charge is 0.340 e. The second-order valence-corrected chi connectivity index (χ2v) is 13.2. The molecule has 0 saturated carbocycles. The summed E-state index contributed by atoms with van der Waals surface area (Å²) < 4.78 is 0. The number of nitrogens with zero attached hydrogens (tertiary/aromatic N) is 2. The van der Waals surface area contributed by atoms with Crippen LogP contribution in [0.2, 0.25) is 0 Å². The smallest absolute Gasteiger partial charge is 0.254 e. The lowest BCUT2D eigenvalue weighted by Gasteiger charge is -2.32. The zero-order valence-corrected chi connectivity index (χ0v) is 26.6. The molecular formula is C37H45N3O4. The van der Waals surface area contributed by atoms with E-state index in [2.05, 4.69) is 26.1 Å². The van der Waals surface area contributed by atoms with Crippen LogP contribution in [0.4, 0.5) is 0 Å². The molecule has 1 aliphatic heterocycles. The summed E-state index contributed by atoms with van der Waals surface area (Å²) in [5.41, 5.74) is 4.19. The molecule has 1 heterocycles. The van der Waals surface area contributed by atoms with Gasteiger partial charge in [0.25, 0.3) is 11.8 Å². The van der Waals surface area contributed by atoms with E-state index in [0.717, 1.165) is 16.7 Å². The van der Waals surface area contributed by atoms with Crippen LogP contribution >= 0.6 is 0 Å². The van der Waals surface area contributed by atoms with Crippen molar-refractivity contribution in [2.75, 3.05) is 26.2 Å². The van der Waals surface area contributed by atoms with Gasteiger partial charge in [-0.25, -0.2) is 0 Å². The topological polar surface area (TPSA) is 86.8 Å². The normalized spacial score (nSPS) is 15.0. The highest BCUT2D eigenvalue weighted by molar-refractivity contribution is 6.00. The van der Waals surface area contributed by atoms with Gasteiger partial charge in [0.15, 0.2) is 5.78 Å². The average Bonchev–Trinajstić information content (AvgIpc) is 2.98. The molecule has 1 aliphatic rings. The van der Waals surface area contributed by atoms with Gasteiger partial charge in [0.05, 0.1) is 13.1 Å². The number of hydrogen-bond donors (Lipinski definition) is 1. The van der Waals surface area contributed by atoms with E-state index < -0.39 is 6.04 Å².